The van der Waals surface area contributed by atoms with E-state index in [1.165, 1.54) is 4.90 Å². The Kier molecular flexibility index (Phi) is 5.38. The van der Waals surface area contributed by atoms with Crippen LogP contribution in [0, 0.1) is 0 Å². The summed E-state index contributed by atoms with van der Waals surface area (Å²) in [6.07, 6.45) is 0.240. The lowest BCUT2D eigenvalue weighted by Crippen LogP contribution is -2.52. The molecule has 1 heterocycles. The minimum atomic E-state index is -1.03. The van der Waals surface area contributed by atoms with Gasteiger partial charge in [-0.05, 0) is 17.5 Å². The van der Waals surface area contributed by atoms with E-state index < -0.39 is 12.0 Å². The van der Waals surface area contributed by atoms with Gasteiger partial charge in [0.25, 0.3) is 0 Å². The molecule has 0 aliphatic carbocycles. The van der Waals surface area contributed by atoms with Crippen LogP contribution >= 0.6 is 0 Å². The number of aliphatic carboxylic acids is 1. The maximum atomic E-state index is 12.5. The van der Waals surface area contributed by atoms with Crippen molar-refractivity contribution in [3.8, 4) is 5.75 Å². The van der Waals surface area contributed by atoms with E-state index in [0.717, 1.165) is 11.3 Å². The van der Waals surface area contributed by atoms with Gasteiger partial charge in [-0.2, -0.15) is 0 Å². The molecule has 6 heteroatoms. The van der Waals surface area contributed by atoms with Crippen LogP contribution in [0.1, 0.15) is 24.8 Å². The molecular weight excluding hydrogens is 286 g/mol. The number of hydrogen-bond acceptors (Lipinski definition) is 4. The molecule has 0 unspecified atom stereocenters. The third kappa shape index (κ3) is 3.57. The molecule has 1 fully saturated rings. The van der Waals surface area contributed by atoms with Gasteiger partial charge in [0.05, 0.1) is 20.3 Å². The Labute approximate surface area is 129 Å². The summed E-state index contributed by atoms with van der Waals surface area (Å²) in [7, 11) is 1.59. The van der Waals surface area contributed by atoms with Crippen molar-refractivity contribution in [1.82, 2.24) is 4.90 Å². The zero-order valence-electron chi connectivity index (χ0n) is 12.8. The van der Waals surface area contributed by atoms with Gasteiger partial charge in [0.1, 0.15) is 5.75 Å². The number of carboxylic acid groups (broad SMARTS) is 1. The maximum Gasteiger partial charge on any atom is 0.328 e. The van der Waals surface area contributed by atoms with Gasteiger partial charge < -0.3 is 19.5 Å². The number of para-hydroxylation sites is 1. The first-order valence-corrected chi connectivity index (χ1v) is 7.27. The number of nitrogens with zero attached hydrogens (tertiary/aromatic N) is 1. The molecule has 0 spiro atoms. The van der Waals surface area contributed by atoms with E-state index in [1.54, 1.807) is 7.11 Å². The molecular formula is C16H21NO5. The number of carbonyl (C=O) groups is 2. The predicted molar refractivity (Wildman–Crippen MR) is 80.0 cm³/mol. The zero-order chi connectivity index (χ0) is 16.1. The van der Waals surface area contributed by atoms with Gasteiger partial charge in [0.2, 0.25) is 5.91 Å². The number of amides is 1. The number of benzene rings is 1. The van der Waals surface area contributed by atoms with Crippen molar-refractivity contribution in [3.63, 3.8) is 0 Å². The van der Waals surface area contributed by atoms with Crippen molar-refractivity contribution in [2.45, 2.75) is 25.3 Å². The molecule has 0 bridgehead atoms. The van der Waals surface area contributed by atoms with Crippen LogP contribution < -0.4 is 4.74 Å². The van der Waals surface area contributed by atoms with Crippen molar-refractivity contribution in [1.29, 1.82) is 0 Å². The average molecular weight is 307 g/mol. The molecule has 1 N–H and O–H groups in total. The van der Waals surface area contributed by atoms with E-state index >= 15 is 0 Å². The maximum absolute atomic E-state index is 12.5. The van der Waals surface area contributed by atoms with E-state index in [0.29, 0.717) is 13.2 Å². The van der Waals surface area contributed by atoms with Crippen LogP contribution in [0.5, 0.6) is 5.75 Å². The van der Waals surface area contributed by atoms with E-state index in [-0.39, 0.29) is 24.9 Å². The number of rotatable bonds is 5. The Bertz CT molecular complexity index is 545. The lowest BCUT2D eigenvalue weighted by atomic mass is 9.96. The summed E-state index contributed by atoms with van der Waals surface area (Å²) in [5, 5.41) is 9.20. The van der Waals surface area contributed by atoms with E-state index in [4.69, 9.17) is 9.47 Å². The van der Waals surface area contributed by atoms with Gasteiger partial charge >= 0.3 is 5.97 Å². The number of ether oxygens (including phenoxy) is 2. The van der Waals surface area contributed by atoms with Gasteiger partial charge in [-0.25, -0.2) is 4.79 Å². The first-order chi connectivity index (χ1) is 10.5. The second-order valence-corrected chi connectivity index (χ2v) is 5.36. The SMILES string of the molecule is COc1ccccc1[C@@H](C)CC(=O)N1CCOC[C@H]1C(=O)O. The van der Waals surface area contributed by atoms with Crippen LogP contribution in [0.15, 0.2) is 24.3 Å². The summed E-state index contributed by atoms with van der Waals surface area (Å²) >= 11 is 0. The molecule has 1 aliphatic heterocycles. The second-order valence-electron chi connectivity index (χ2n) is 5.36. The number of carbonyl (C=O) groups excluding carboxylic acids is 1. The van der Waals surface area contributed by atoms with Crippen molar-refractivity contribution in [2.24, 2.45) is 0 Å². The van der Waals surface area contributed by atoms with E-state index in [9.17, 15) is 14.7 Å². The van der Waals surface area contributed by atoms with Crippen LogP contribution in [0.3, 0.4) is 0 Å². The van der Waals surface area contributed by atoms with Crippen LogP contribution in [0.2, 0.25) is 0 Å². The molecule has 1 saturated heterocycles. The van der Waals surface area contributed by atoms with E-state index in [2.05, 4.69) is 0 Å². The first kappa shape index (κ1) is 16.3. The van der Waals surface area contributed by atoms with Gasteiger partial charge in [0.15, 0.2) is 6.04 Å². The summed E-state index contributed by atoms with van der Waals surface area (Å²) in [5.41, 5.74) is 0.943. The Balaban J connectivity index is 2.08. The molecule has 2 rings (SSSR count). The van der Waals surface area contributed by atoms with Crippen LogP contribution in [0.25, 0.3) is 0 Å². The summed E-state index contributed by atoms with van der Waals surface area (Å²) in [6.45, 7) is 2.67. The molecule has 0 saturated carbocycles. The van der Waals surface area contributed by atoms with Gasteiger partial charge in [-0.15, -0.1) is 0 Å². The van der Waals surface area contributed by atoms with Gasteiger partial charge in [-0.1, -0.05) is 25.1 Å². The zero-order valence-corrected chi connectivity index (χ0v) is 12.8. The quantitative estimate of drug-likeness (QED) is 0.892. The number of morpholine rings is 1. The average Bonchev–Trinajstić information content (AvgIpc) is 2.54. The van der Waals surface area contributed by atoms with Crippen molar-refractivity contribution >= 4 is 11.9 Å². The van der Waals surface area contributed by atoms with Crippen molar-refractivity contribution < 1.29 is 24.2 Å². The minimum absolute atomic E-state index is 0.0457. The normalized spacial score (nSPS) is 19.5. The number of methoxy groups -OCH3 is 1. The first-order valence-electron chi connectivity index (χ1n) is 7.27. The topological polar surface area (TPSA) is 76.1 Å². The molecule has 0 aromatic heterocycles. The Hall–Kier alpha value is -2.08. The summed E-state index contributed by atoms with van der Waals surface area (Å²) in [4.78, 5) is 25.1. The molecule has 2 atom stereocenters. The molecule has 22 heavy (non-hydrogen) atoms. The molecule has 1 amide bonds. The Morgan fingerprint density at radius 3 is 2.86 bits per heavy atom. The van der Waals surface area contributed by atoms with Crippen LogP contribution in [0.4, 0.5) is 0 Å². The number of hydrogen-bond donors (Lipinski definition) is 1. The highest BCUT2D eigenvalue weighted by molar-refractivity contribution is 5.84. The fraction of sp³-hybridized carbons (Fsp3) is 0.500. The summed E-state index contributed by atoms with van der Waals surface area (Å²) in [5.74, 6) is -0.521. The Morgan fingerprint density at radius 2 is 2.18 bits per heavy atom. The fourth-order valence-electron chi connectivity index (χ4n) is 2.67. The van der Waals surface area contributed by atoms with Gasteiger partial charge in [-0.3, -0.25) is 4.79 Å². The summed E-state index contributed by atoms with van der Waals surface area (Å²) < 4.78 is 10.5. The lowest BCUT2D eigenvalue weighted by Gasteiger charge is -2.33. The molecule has 6 nitrogen and oxygen atoms in total. The molecule has 120 valence electrons. The van der Waals surface area contributed by atoms with Crippen molar-refractivity contribution in [2.75, 3.05) is 26.9 Å². The monoisotopic (exact) mass is 307 g/mol. The molecule has 0 radical (unpaired) electrons. The highest BCUT2D eigenvalue weighted by Crippen LogP contribution is 2.29. The smallest absolute Gasteiger partial charge is 0.328 e. The standard InChI is InChI=1S/C16H21NO5/c1-11(12-5-3-4-6-14(12)21-2)9-15(18)17-7-8-22-10-13(17)16(19)20/h3-6,11,13H,7-10H2,1-2H3,(H,19,20)/t11-,13-/m0/s1. The fourth-order valence-corrected chi connectivity index (χ4v) is 2.67. The third-order valence-corrected chi connectivity index (χ3v) is 3.88. The lowest BCUT2D eigenvalue weighted by molar-refractivity contribution is -0.158. The summed E-state index contributed by atoms with van der Waals surface area (Å²) in [6, 6.07) is 6.65. The molecule has 1 aliphatic rings. The number of carboxylic acids is 1. The highest BCUT2D eigenvalue weighted by atomic mass is 16.5. The predicted octanol–water partition coefficient (Wildman–Crippen LogP) is 1.50. The second kappa shape index (κ2) is 7.26. The molecule has 1 aromatic carbocycles. The van der Waals surface area contributed by atoms with Crippen molar-refractivity contribution in [3.05, 3.63) is 29.8 Å². The van der Waals surface area contributed by atoms with Crippen LogP contribution in [-0.4, -0.2) is 54.8 Å². The Morgan fingerprint density at radius 1 is 1.45 bits per heavy atom. The van der Waals surface area contributed by atoms with Crippen LogP contribution in [-0.2, 0) is 14.3 Å². The molecule has 1 aromatic rings. The largest absolute Gasteiger partial charge is 0.496 e. The third-order valence-electron chi connectivity index (χ3n) is 3.88. The minimum Gasteiger partial charge on any atom is -0.496 e. The van der Waals surface area contributed by atoms with Gasteiger partial charge in [0, 0.05) is 13.0 Å². The van der Waals surface area contributed by atoms with E-state index in [1.807, 2.05) is 31.2 Å². The highest BCUT2D eigenvalue weighted by Gasteiger charge is 2.33.